The second-order valence-electron chi connectivity index (χ2n) is 7.78. The first-order valence-corrected chi connectivity index (χ1v) is 11.2. The summed E-state index contributed by atoms with van der Waals surface area (Å²) in [5, 5.41) is 5.18. The van der Waals surface area contributed by atoms with Gasteiger partial charge in [0.2, 0.25) is 5.16 Å². The Balaban J connectivity index is 1.41. The quantitative estimate of drug-likeness (QED) is 0.430. The molecule has 7 heteroatoms. The summed E-state index contributed by atoms with van der Waals surface area (Å²) < 4.78 is 7.13. The SMILES string of the molecule is COc1ccccc1C1CC(=O)c2cn3nc(SCc4ccc(C)cc4)nc3nc2C1. The molecule has 1 aliphatic carbocycles. The van der Waals surface area contributed by atoms with Crippen LogP contribution in [0.25, 0.3) is 5.78 Å². The van der Waals surface area contributed by atoms with E-state index < -0.39 is 0 Å². The molecule has 156 valence electrons. The first-order valence-electron chi connectivity index (χ1n) is 10.2. The van der Waals surface area contributed by atoms with E-state index in [9.17, 15) is 4.79 Å². The molecule has 1 atom stereocenters. The molecule has 2 aromatic heterocycles. The lowest BCUT2D eigenvalue weighted by atomic mass is 9.82. The lowest BCUT2D eigenvalue weighted by Gasteiger charge is -2.24. The maximum Gasteiger partial charge on any atom is 0.253 e. The van der Waals surface area contributed by atoms with E-state index in [1.54, 1.807) is 29.6 Å². The van der Waals surface area contributed by atoms with E-state index >= 15 is 0 Å². The number of methoxy groups -OCH3 is 1. The van der Waals surface area contributed by atoms with Crippen molar-refractivity contribution < 1.29 is 9.53 Å². The molecule has 0 aliphatic heterocycles. The third-order valence-corrected chi connectivity index (χ3v) is 6.54. The van der Waals surface area contributed by atoms with E-state index in [4.69, 9.17) is 9.72 Å². The van der Waals surface area contributed by atoms with Crippen LogP contribution < -0.4 is 4.74 Å². The Bertz CT molecular complexity index is 1270. The van der Waals surface area contributed by atoms with Crippen LogP contribution in [0.1, 0.15) is 45.1 Å². The molecule has 0 amide bonds. The molecule has 6 nitrogen and oxygen atoms in total. The van der Waals surface area contributed by atoms with Crippen LogP contribution in [0.4, 0.5) is 0 Å². The number of rotatable bonds is 5. The average molecular weight is 431 g/mol. The van der Waals surface area contributed by atoms with Crippen molar-refractivity contribution in [2.45, 2.75) is 36.6 Å². The van der Waals surface area contributed by atoms with E-state index in [-0.39, 0.29) is 11.7 Å². The number of aromatic nitrogens is 4. The van der Waals surface area contributed by atoms with Crippen LogP contribution in [0.3, 0.4) is 0 Å². The summed E-state index contributed by atoms with van der Waals surface area (Å²) in [4.78, 5) is 22.2. The Morgan fingerprint density at radius 3 is 2.71 bits per heavy atom. The second-order valence-corrected chi connectivity index (χ2v) is 8.73. The van der Waals surface area contributed by atoms with Gasteiger partial charge in [-0.15, -0.1) is 5.10 Å². The summed E-state index contributed by atoms with van der Waals surface area (Å²) >= 11 is 1.57. The van der Waals surface area contributed by atoms with E-state index in [2.05, 4.69) is 41.3 Å². The fourth-order valence-corrected chi connectivity index (χ4v) is 4.76. The molecule has 0 fully saturated rings. The molecule has 31 heavy (non-hydrogen) atoms. The van der Waals surface area contributed by atoms with Gasteiger partial charge in [0.25, 0.3) is 5.78 Å². The monoisotopic (exact) mass is 430 g/mol. The molecule has 0 saturated carbocycles. The number of ether oxygens (including phenoxy) is 1. The maximum atomic E-state index is 12.9. The molecular formula is C24H22N4O2S. The standard InChI is InChI=1S/C24H22N4O2S/c1-15-7-9-16(10-8-15)14-31-24-26-23-25-20-11-17(18-5-3-4-6-22(18)30-2)12-21(29)19(20)13-28(23)27-24/h3-10,13,17H,11-12,14H2,1-2H3. The summed E-state index contributed by atoms with van der Waals surface area (Å²) in [5.41, 5.74) is 4.92. The number of Topliss-reactive ketones (excluding diaryl/α,β-unsaturated/α-hetero) is 1. The van der Waals surface area contributed by atoms with Crippen LogP contribution in [0.15, 0.2) is 59.9 Å². The molecule has 0 spiro atoms. The highest BCUT2D eigenvalue weighted by molar-refractivity contribution is 7.98. The van der Waals surface area contributed by atoms with Crippen LogP contribution in [-0.4, -0.2) is 32.5 Å². The van der Waals surface area contributed by atoms with Gasteiger partial charge in [0.1, 0.15) is 5.75 Å². The molecule has 1 unspecified atom stereocenters. The minimum Gasteiger partial charge on any atom is -0.496 e. The minimum atomic E-state index is 0.0457. The number of carbonyl (C=O) groups excluding carboxylic acids is 1. The van der Waals surface area contributed by atoms with Crippen molar-refractivity contribution in [3.63, 3.8) is 0 Å². The van der Waals surface area contributed by atoms with Crippen molar-refractivity contribution in [2.75, 3.05) is 7.11 Å². The number of benzene rings is 2. The average Bonchev–Trinajstić information content (AvgIpc) is 3.19. The number of hydrogen-bond acceptors (Lipinski definition) is 6. The zero-order valence-electron chi connectivity index (χ0n) is 17.4. The van der Waals surface area contributed by atoms with E-state index in [1.807, 2.05) is 24.3 Å². The van der Waals surface area contributed by atoms with Crippen LogP contribution >= 0.6 is 11.8 Å². The highest BCUT2D eigenvalue weighted by Crippen LogP contribution is 2.36. The van der Waals surface area contributed by atoms with Crippen LogP contribution in [0, 0.1) is 6.92 Å². The number of carbonyl (C=O) groups is 1. The van der Waals surface area contributed by atoms with Gasteiger partial charge in [-0.05, 0) is 30.5 Å². The van der Waals surface area contributed by atoms with Gasteiger partial charge in [0.15, 0.2) is 5.78 Å². The summed E-state index contributed by atoms with van der Waals surface area (Å²) in [5.74, 6) is 2.24. The molecule has 4 aromatic rings. The molecule has 0 saturated heterocycles. The van der Waals surface area contributed by atoms with Crippen LogP contribution in [0.5, 0.6) is 5.75 Å². The number of fused-ring (bicyclic) bond motifs is 2. The predicted octanol–water partition coefficient (Wildman–Crippen LogP) is 4.65. The fraction of sp³-hybridized carbons (Fsp3) is 0.250. The third kappa shape index (κ3) is 3.93. The van der Waals surface area contributed by atoms with Crippen molar-refractivity contribution in [3.05, 3.63) is 82.7 Å². The van der Waals surface area contributed by atoms with E-state index in [1.165, 1.54) is 11.1 Å². The number of nitrogens with zero attached hydrogens (tertiary/aromatic N) is 4. The number of para-hydroxylation sites is 1. The number of thioether (sulfide) groups is 1. The Kier molecular flexibility index (Phi) is 5.19. The first kappa shape index (κ1) is 19.8. The van der Waals surface area contributed by atoms with E-state index in [0.29, 0.717) is 29.3 Å². The Hall–Kier alpha value is -3.19. The van der Waals surface area contributed by atoms with Gasteiger partial charge in [-0.3, -0.25) is 4.79 Å². The summed E-state index contributed by atoms with van der Waals surface area (Å²) in [6.45, 7) is 2.08. The largest absolute Gasteiger partial charge is 0.496 e. The third-order valence-electron chi connectivity index (χ3n) is 5.63. The second kappa shape index (κ2) is 8.15. The summed E-state index contributed by atoms with van der Waals surface area (Å²) in [7, 11) is 1.66. The smallest absolute Gasteiger partial charge is 0.253 e. The lowest BCUT2D eigenvalue weighted by molar-refractivity contribution is 0.0962. The Morgan fingerprint density at radius 1 is 1.10 bits per heavy atom. The lowest BCUT2D eigenvalue weighted by Crippen LogP contribution is -2.21. The van der Waals surface area contributed by atoms with Crippen molar-refractivity contribution in [3.8, 4) is 5.75 Å². The zero-order valence-corrected chi connectivity index (χ0v) is 18.2. The van der Waals surface area contributed by atoms with Crippen LogP contribution in [-0.2, 0) is 12.2 Å². The fourth-order valence-electron chi connectivity index (χ4n) is 3.98. The first-order chi connectivity index (χ1) is 15.1. The van der Waals surface area contributed by atoms with Gasteiger partial charge in [-0.1, -0.05) is 59.8 Å². The molecule has 0 N–H and O–H groups in total. The highest BCUT2D eigenvalue weighted by atomic mass is 32.2. The molecule has 0 bridgehead atoms. The van der Waals surface area contributed by atoms with Crippen molar-refractivity contribution in [1.82, 2.24) is 19.6 Å². The van der Waals surface area contributed by atoms with Gasteiger partial charge in [0.05, 0.1) is 18.4 Å². The molecule has 2 aromatic carbocycles. The highest BCUT2D eigenvalue weighted by Gasteiger charge is 2.30. The number of ketones is 1. The van der Waals surface area contributed by atoms with Gasteiger partial charge in [0, 0.05) is 24.3 Å². The number of hydrogen-bond donors (Lipinski definition) is 0. The summed E-state index contributed by atoms with van der Waals surface area (Å²) in [6, 6.07) is 16.3. The van der Waals surface area contributed by atoms with Crippen molar-refractivity contribution >= 4 is 23.3 Å². The maximum absolute atomic E-state index is 12.9. The van der Waals surface area contributed by atoms with Crippen molar-refractivity contribution in [1.29, 1.82) is 0 Å². The molecule has 1 aliphatic rings. The zero-order chi connectivity index (χ0) is 21.4. The molecule has 5 rings (SSSR count). The topological polar surface area (TPSA) is 69.4 Å². The normalized spacial score (nSPS) is 15.8. The Morgan fingerprint density at radius 2 is 1.90 bits per heavy atom. The van der Waals surface area contributed by atoms with Gasteiger partial charge < -0.3 is 4.74 Å². The number of aryl methyl sites for hydroxylation is 1. The van der Waals surface area contributed by atoms with E-state index in [0.717, 1.165) is 22.8 Å². The van der Waals surface area contributed by atoms with Gasteiger partial charge in [-0.2, -0.15) is 4.98 Å². The van der Waals surface area contributed by atoms with Gasteiger partial charge in [-0.25, -0.2) is 9.50 Å². The Labute approximate surface area is 184 Å². The summed E-state index contributed by atoms with van der Waals surface area (Å²) in [6.07, 6.45) is 2.89. The molecule has 0 radical (unpaired) electrons. The predicted molar refractivity (Wildman–Crippen MR) is 120 cm³/mol. The van der Waals surface area contributed by atoms with Gasteiger partial charge >= 0.3 is 0 Å². The minimum absolute atomic E-state index is 0.0457. The van der Waals surface area contributed by atoms with Crippen LogP contribution in [0.2, 0.25) is 0 Å². The molecule has 2 heterocycles. The molecular weight excluding hydrogens is 408 g/mol. The van der Waals surface area contributed by atoms with Crippen molar-refractivity contribution in [2.24, 2.45) is 0 Å².